The van der Waals surface area contributed by atoms with Crippen molar-refractivity contribution in [1.29, 1.82) is 0 Å². The molecule has 1 N–H and O–H groups in total. The van der Waals surface area contributed by atoms with Crippen molar-refractivity contribution in [3.63, 3.8) is 0 Å². The second-order valence-electron chi connectivity index (χ2n) is 5.66. The summed E-state index contributed by atoms with van der Waals surface area (Å²) in [6.45, 7) is 2.54. The number of hydrogen-bond donors (Lipinski definition) is 1. The third-order valence-corrected chi connectivity index (χ3v) is 3.93. The Hall–Kier alpha value is -3.54. The fraction of sp³-hybridized carbons (Fsp3) is 0.100. The Labute approximate surface area is 149 Å². The minimum absolute atomic E-state index is 0.203. The quantitative estimate of drug-likeness (QED) is 0.594. The van der Waals surface area contributed by atoms with Crippen LogP contribution < -0.4 is 15.2 Å². The number of aromatic nitrogens is 3. The first-order valence-corrected chi connectivity index (χ1v) is 8.30. The van der Waals surface area contributed by atoms with E-state index in [1.807, 2.05) is 55.5 Å². The van der Waals surface area contributed by atoms with Crippen molar-refractivity contribution in [2.75, 3.05) is 6.61 Å². The van der Waals surface area contributed by atoms with E-state index < -0.39 is 0 Å². The zero-order valence-electron chi connectivity index (χ0n) is 14.2. The van der Waals surface area contributed by atoms with Crippen molar-refractivity contribution in [3.8, 4) is 22.9 Å². The normalized spacial score (nSPS) is 10.8. The minimum Gasteiger partial charge on any atom is -0.494 e. The molecule has 0 aliphatic rings. The van der Waals surface area contributed by atoms with E-state index in [1.54, 1.807) is 23.0 Å². The maximum Gasteiger partial charge on any atom is 0.331 e. The molecule has 26 heavy (non-hydrogen) atoms. The van der Waals surface area contributed by atoms with Crippen LogP contribution in [0.2, 0.25) is 0 Å². The zero-order chi connectivity index (χ0) is 17.9. The van der Waals surface area contributed by atoms with Crippen LogP contribution in [0.4, 0.5) is 0 Å². The van der Waals surface area contributed by atoms with E-state index in [-0.39, 0.29) is 5.69 Å². The molecule has 0 spiro atoms. The predicted molar refractivity (Wildman–Crippen MR) is 99.4 cm³/mol. The van der Waals surface area contributed by atoms with Gasteiger partial charge in [0.15, 0.2) is 0 Å². The molecular formula is C20H17N3O3. The van der Waals surface area contributed by atoms with E-state index in [1.165, 1.54) is 0 Å². The van der Waals surface area contributed by atoms with Crippen molar-refractivity contribution < 1.29 is 9.47 Å². The molecule has 0 saturated carbocycles. The van der Waals surface area contributed by atoms with Crippen LogP contribution in [-0.4, -0.2) is 21.1 Å². The summed E-state index contributed by atoms with van der Waals surface area (Å²) >= 11 is 0. The molecule has 4 rings (SSSR count). The number of hydrogen-bond acceptors (Lipinski definition) is 4. The van der Waals surface area contributed by atoms with Gasteiger partial charge in [0.1, 0.15) is 17.2 Å². The molecule has 130 valence electrons. The second kappa shape index (κ2) is 6.76. The Kier molecular flexibility index (Phi) is 4.15. The van der Waals surface area contributed by atoms with Crippen LogP contribution in [0.1, 0.15) is 6.92 Å². The number of aromatic amines is 1. The first-order valence-electron chi connectivity index (χ1n) is 8.30. The molecule has 0 aliphatic carbocycles. The van der Waals surface area contributed by atoms with E-state index in [2.05, 4.69) is 9.97 Å². The van der Waals surface area contributed by atoms with Gasteiger partial charge in [0, 0.05) is 12.3 Å². The molecule has 0 radical (unpaired) electrons. The average molecular weight is 347 g/mol. The Morgan fingerprint density at radius 3 is 2.65 bits per heavy atom. The lowest BCUT2D eigenvalue weighted by molar-refractivity contribution is 0.338. The van der Waals surface area contributed by atoms with E-state index >= 15 is 0 Å². The minimum atomic E-state index is -0.203. The molecule has 0 unspecified atom stereocenters. The largest absolute Gasteiger partial charge is 0.494 e. The Bertz CT molecular complexity index is 1100. The van der Waals surface area contributed by atoms with Gasteiger partial charge >= 0.3 is 5.69 Å². The first kappa shape index (κ1) is 16.0. The summed E-state index contributed by atoms with van der Waals surface area (Å²) in [5, 5.41) is 0. The highest BCUT2D eigenvalue weighted by molar-refractivity contribution is 5.76. The lowest BCUT2D eigenvalue weighted by atomic mass is 10.3. The van der Waals surface area contributed by atoms with Gasteiger partial charge in [-0.2, -0.15) is 0 Å². The fourth-order valence-corrected chi connectivity index (χ4v) is 2.81. The summed E-state index contributed by atoms with van der Waals surface area (Å²) in [6.07, 6.45) is 3.30. The average Bonchev–Trinajstić information content (AvgIpc) is 2.99. The van der Waals surface area contributed by atoms with Crippen LogP contribution in [0.15, 0.2) is 71.8 Å². The molecule has 2 heterocycles. The third kappa shape index (κ3) is 3.04. The monoisotopic (exact) mass is 347 g/mol. The number of nitrogens with zero attached hydrogens (tertiary/aromatic N) is 2. The summed E-state index contributed by atoms with van der Waals surface area (Å²) in [6, 6.07) is 16.6. The van der Waals surface area contributed by atoms with E-state index in [0.717, 1.165) is 17.0 Å². The highest BCUT2D eigenvalue weighted by atomic mass is 16.5. The van der Waals surface area contributed by atoms with Crippen molar-refractivity contribution in [2.24, 2.45) is 0 Å². The van der Waals surface area contributed by atoms with Crippen molar-refractivity contribution in [2.45, 2.75) is 6.92 Å². The first-order chi connectivity index (χ1) is 12.7. The third-order valence-electron chi connectivity index (χ3n) is 3.93. The molecule has 0 fully saturated rings. The van der Waals surface area contributed by atoms with Crippen molar-refractivity contribution in [1.82, 2.24) is 14.5 Å². The molecule has 2 aromatic carbocycles. The summed E-state index contributed by atoms with van der Waals surface area (Å²) in [5.74, 6) is 2.14. The summed E-state index contributed by atoms with van der Waals surface area (Å²) in [4.78, 5) is 19.1. The van der Waals surface area contributed by atoms with Gasteiger partial charge in [0.25, 0.3) is 0 Å². The molecule has 0 saturated heterocycles. The van der Waals surface area contributed by atoms with Gasteiger partial charge in [0.05, 0.1) is 29.5 Å². The van der Waals surface area contributed by atoms with Crippen molar-refractivity contribution in [3.05, 3.63) is 77.5 Å². The highest BCUT2D eigenvalue weighted by Crippen LogP contribution is 2.26. The van der Waals surface area contributed by atoms with Gasteiger partial charge < -0.3 is 14.5 Å². The molecule has 0 amide bonds. The topological polar surface area (TPSA) is 69.1 Å². The molecule has 0 aliphatic heterocycles. The Balaban J connectivity index is 1.62. The molecule has 0 atom stereocenters. The number of fused-ring (bicyclic) bond motifs is 1. The summed E-state index contributed by atoms with van der Waals surface area (Å²) < 4.78 is 13.0. The Morgan fingerprint density at radius 1 is 1.04 bits per heavy atom. The second-order valence-corrected chi connectivity index (χ2v) is 5.66. The SMILES string of the molecule is CCOc1cccc(Oc2ccc(-n3c(=O)[nH]c4cnccc43)cc2)c1. The Morgan fingerprint density at radius 2 is 1.85 bits per heavy atom. The number of H-pyrrole nitrogens is 1. The standard InChI is InChI=1S/C20H17N3O3/c1-2-25-16-4-3-5-17(12-16)26-15-8-6-14(7-9-15)23-19-10-11-21-13-18(19)22-20(23)24/h3-13H,2H2,1H3,(H,22,24). The van der Waals surface area contributed by atoms with Crippen LogP contribution in [0.3, 0.4) is 0 Å². The molecule has 0 bridgehead atoms. The smallest absolute Gasteiger partial charge is 0.331 e. The number of nitrogens with one attached hydrogen (secondary N) is 1. The number of rotatable bonds is 5. The molecule has 6 heteroatoms. The van der Waals surface area contributed by atoms with Crippen LogP contribution in [0.5, 0.6) is 17.2 Å². The number of benzene rings is 2. The zero-order valence-corrected chi connectivity index (χ0v) is 14.2. The number of ether oxygens (including phenoxy) is 2. The maximum absolute atomic E-state index is 12.2. The molecule has 6 nitrogen and oxygen atoms in total. The van der Waals surface area contributed by atoms with Crippen LogP contribution in [0.25, 0.3) is 16.7 Å². The van der Waals surface area contributed by atoms with Crippen LogP contribution in [0, 0.1) is 0 Å². The van der Waals surface area contributed by atoms with Gasteiger partial charge in [-0.25, -0.2) is 4.79 Å². The van der Waals surface area contributed by atoms with Crippen molar-refractivity contribution >= 4 is 11.0 Å². The van der Waals surface area contributed by atoms with Gasteiger partial charge in [-0.05, 0) is 49.4 Å². The van der Waals surface area contributed by atoms with Gasteiger partial charge in [-0.1, -0.05) is 6.07 Å². The number of pyridine rings is 1. The van der Waals surface area contributed by atoms with Crippen LogP contribution >= 0.6 is 0 Å². The van der Waals surface area contributed by atoms with Gasteiger partial charge in [-0.3, -0.25) is 9.55 Å². The summed E-state index contributed by atoms with van der Waals surface area (Å²) in [5.41, 5.74) is 2.03. The lowest BCUT2D eigenvalue weighted by Crippen LogP contribution is -2.14. The van der Waals surface area contributed by atoms with Crippen LogP contribution in [-0.2, 0) is 0 Å². The molecular weight excluding hydrogens is 330 g/mol. The fourth-order valence-electron chi connectivity index (χ4n) is 2.81. The number of imidazole rings is 1. The predicted octanol–water partition coefficient (Wildman–Crippen LogP) is 3.90. The van der Waals surface area contributed by atoms with E-state index in [4.69, 9.17) is 9.47 Å². The van der Waals surface area contributed by atoms with E-state index in [0.29, 0.717) is 23.6 Å². The van der Waals surface area contributed by atoms with E-state index in [9.17, 15) is 4.79 Å². The van der Waals surface area contributed by atoms with Gasteiger partial charge in [-0.15, -0.1) is 0 Å². The molecule has 4 aromatic rings. The molecule has 2 aromatic heterocycles. The van der Waals surface area contributed by atoms with Gasteiger partial charge in [0.2, 0.25) is 0 Å². The lowest BCUT2D eigenvalue weighted by Gasteiger charge is -2.09. The maximum atomic E-state index is 12.2. The highest BCUT2D eigenvalue weighted by Gasteiger charge is 2.09. The summed E-state index contributed by atoms with van der Waals surface area (Å²) in [7, 11) is 0.